The number of nitrogens with one attached hydrogen (secondary N) is 1. The van der Waals surface area contributed by atoms with E-state index in [0.29, 0.717) is 10.8 Å². The highest BCUT2D eigenvalue weighted by molar-refractivity contribution is 8.00. The lowest BCUT2D eigenvalue weighted by Gasteiger charge is -2.13. The van der Waals surface area contributed by atoms with E-state index in [1.54, 1.807) is 20.8 Å². The monoisotopic (exact) mass is 524 g/mol. The van der Waals surface area contributed by atoms with Crippen molar-refractivity contribution in [1.82, 2.24) is 14.6 Å². The van der Waals surface area contributed by atoms with E-state index in [2.05, 4.69) is 15.5 Å². The standard InChI is InChI=1S/C26H28N4O6S/c1-7-34-24(32)19-15(5)36-23(20(19)25(33)35-8-2)27-22(31)16(6)37-26-29-28-18-12-14(4)17-11-9-10-13(3)21(17)30(18)26/h9-12,16H,7-8H2,1-6H3,(H,27,31). The number of aromatic nitrogens is 3. The van der Waals surface area contributed by atoms with E-state index in [9.17, 15) is 14.4 Å². The van der Waals surface area contributed by atoms with Gasteiger partial charge in [0, 0.05) is 5.39 Å². The van der Waals surface area contributed by atoms with E-state index < -0.39 is 23.1 Å². The number of hydrogen-bond donors (Lipinski definition) is 1. The molecule has 194 valence electrons. The second kappa shape index (κ2) is 10.6. The Labute approximate surface area is 217 Å². The third kappa shape index (κ3) is 4.91. The normalized spacial score (nSPS) is 12.1. The van der Waals surface area contributed by atoms with Crippen LogP contribution < -0.4 is 5.32 Å². The molecule has 3 heterocycles. The van der Waals surface area contributed by atoms with Gasteiger partial charge in [0.05, 0.1) is 24.0 Å². The summed E-state index contributed by atoms with van der Waals surface area (Å²) in [5.41, 5.74) is 3.55. The van der Waals surface area contributed by atoms with E-state index in [1.807, 2.05) is 42.5 Å². The number of hydrogen-bond acceptors (Lipinski definition) is 9. The molecule has 0 fully saturated rings. The number of esters is 2. The third-order valence-electron chi connectivity index (χ3n) is 5.82. The first-order chi connectivity index (χ1) is 17.7. The lowest BCUT2D eigenvalue weighted by Crippen LogP contribution is -2.24. The maximum absolute atomic E-state index is 13.2. The number of anilines is 1. The number of pyridine rings is 1. The molecule has 0 spiro atoms. The first-order valence-electron chi connectivity index (χ1n) is 11.9. The van der Waals surface area contributed by atoms with Crippen LogP contribution in [0.4, 0.5) is 5.88 Å². The van der Waals surface area contributed by atoms with Crippen molar-refractivity contribution in [3.05, 3.63) is 52.3 Å². The van der Waals surface area contributed by atoms with Gasteiger partial charge >= 0.3 is 11.9 Å². The highest BCUT2D eigenvalue weighted by atomic mass is 32.2. The second-order valence-electron chi connectivity index (χ2n) is 8.40. The van der Waals surface area contributed by atoms with E-state index >= 15 is 0 Å². The van der Waals surface area contributed by atoms with Crippen LogP contribution in [0.15, 0.2) is 33.8 Å². The number of nitrogens with zero attached hydrogens (tertiary/aromatic N) is 3. The van der Waals surface area contributed by atoms with Crippen molar-refractivity contribution < 1.29 is 28.3 Å². The lowest BCUT2D eigenvalue weighted by molar-refractivity contribution is -0.115. The van der Waals surface area contributed by atoms with Gasteiger partial charge in [0.15, 0.2) is 10.8 Å². The van der Waals surface area contributed by atoms with Gasteiger partial charge < -0.3 is 13.9 Å². The van der Waals surface area contributed by atoms with E-state index in [-0.39, 0.29) is 36.0 Å². The zero-order valence-electron chi connectivity index (χ0n) is 21.5. The maximum Gasteiger partial charge on any atom is 0.344 e. The molecule has 0 saturated heterocycles. The molecule has 11 heteroatoms. The number of rotatable bonds is 8. The van der Waals surface area contributed by atoms with Gasteiger partial charge in [0.2, 0.25) is 11.8 Å². The Balaban J connectivity index is 1.66. The largest absolute Gasteiger partial charge is 0.462 e. The van der Waals surface area contributed by atoms with E-state index in [0.717, 1.165) is 22.0 Å². The molecule has 1 N–H and O–H groups in total. The minimum atomic E-state index is -0.793. The van der Waals surface area contributed by atoms with Crippen LogP contribution in [0, 0.1) is 20.8 Å². The Morgan fingerprint density at radius 2 is 1.70 bits per heavy atom. The van der Waals surface area contributed by atoms with E-state index in [4.69, 9.17) is 13.9 Å². The van der Waals surface area contributed by atoms with Gasteiger partial charge in [-0.3, -0.25) is 14.5 Å². The SMILES string of the molecule is CCOC(=O)c1c(C)oc(NC(=O)C(C)Sc2nnc3cc(C)c4cccc(C)c4n23)c1C(=O)OCC. The van der Waals surface area contributed by atoms with Crippen molar-refractivity contribution in [3.8, 4) is 0 Å². The number of ether oxygens (including phenoxy) is 2. The molecule has 0 aliphatic heterocycles. The molecule has 4 rings (SSSR count). The van der Waals surface area contributed by atoms with Crippen molar-refractivity contribution in [3.63, 3.8) is 0 Å². The molecule has 1 aromatic carbocycles. The first kappa shape index (κ1) is 26.2. The van der Waals surface area contributed by atoms with Crippen LogP contribution in [0.5, 0.6) is 0 Å². The number of carbonyl (C=O) groups is 3. The van der Waals surface area contributed by atoms with Gasteiger partial charge in [0.25, 0.3) is 0 Å². The summed E-state index contributed by atoms with van der Waals surface area (Å²) >= 11 is 1.21. The molecule has 0 aliphatic rings. The van der Waals surface area contributed by atoms with Crippen molar-refractivity contribution >= 4 is 52.0 Å². The summed E-state index contributed by atoms with van der Waals surface area (Å²) in [5, 5.41) is 12.2. The fourth-order valence-corrected chi connectivity index (χ4v) is 4.97. The Kier molecular flexibility index (Phi) is 7.53. The van der Waals surface area contributed by atoms with Gasteiger partial charge in [0.1, 0.15) is 16.9 Å². The molecule has 3 aromatic heterocycles. The third-order valence-corrected chi connectivity index (χ3v) is 6.86. The molecule has 0 aliphatic carbocycles. The van der Waals surface area contributed by atoms with Crippen molar-refractivity contribution in [2.24, 2.45) is 0 Å². The molecule has 0 radical (unpaired) electrons. The molecule has 10 nitrogen and oxygen atoms in total. The number of amides is 1. The highest BCUT2D eigenvalue weighted by Gasteiger charge is 2.32. The summed E-state index contributed by atoms with van der Waals surface area (Å²) in [7, 11) is 0. The van der Waals surface area contributed by atoms with Gasteiger partial charge in [-0.05, 0) is 58.7 Å². The van der Waals surface area contributed by atoms with Crippen LogP contribution in [0.1, 0.15) is 58.4 Å². The summed E-state index contributed by atoms with van der Waals surface area (Å²) in [4.78, 5) is 38.4. The molecular weight excluding hydrogens is 496 g/mol. The van der Waals surface area contributed by atoms with Crippen LogP contribution in [0.25, 0.3) is 16.6 Å². The highest BCUT2D eigenvalue weighted by Crippen LogP contribution is 2.32. The Morgan fingerprint density at radius 3 is 2.38 bits per heavy atom. The summed E-state index contributed by atoms with van der Waals surface area (Å²) in [6.07, 6.45) is 0. The van der Waals surface area contributed by atoms with Crippen molar-refractivity contribution in [2.45, 2.75) is 51.9 Å². The molecule has 37 heavy (non-hydrogen) atoms. The molecular formula is C26H28N4O6S. The second-order valence-corrected chi connectivity index (χ2v) is 9.71. The molecule has 1 atom stereocenters. The van der Waals surface area contributed by atoms with Crippen LogP contribution >= 0.6 is 11.8 Å². The molecule has 1 amide bonds. The van der Waals surface area contributed by atoms with Crippen molar-refractivity contribution in [1.29, 1.82) is 0 Å². The Hall–Kier alpha value is -3.86. The van der Waals surface area contributed by atoms with Crippen LogP contribution in [0.2, 0.25) is 0 Å². The lowest BCUT2D eigenvalue weighted by atomic mass is 10.1. The fraction of sp³-hybridized carbons (Fsp3) is 0.346. The zero-order valence-corrected chi connectivity index (χ0v) is 22.3. The average molecular weight is 525 g/mol. The number of carbonyl (C=O) groups excluding carboxylic acids is 3. The van der Waals surface area contributed by atoms with Gasteiger partial charge in [-0.15, -0.1) is 10.2 Å². The smallest absolute Gasteiger partial charge is 0.344 e. The fourth-order valence-electron chi connectivity index (χ4n) is 4.11. The summed E-state index contributed by atoms with van der Waals surface area (Å²) in [5.74, 6) is -2.01. The summed E-state index contributed by atoms with van der Waals surface area (Å²) < 4.78 is 17.7. The van der Waals surface area contributed by atoms with Gasteiger partial charge in [-0.1, -0.05) is 30.0 Å². The minimum absolute atomic E-state index is 0.0725. The molecule has 4 aromatic rings. The Morgan fingerprint density at radius 1 is 1.03 bits per heavy atom. The topological polar surface area (TPSA) is 125 Å². The number of aryl methyl sites for hydroxylation is 3. The number of thioether (sulfide) groups is 1. The van der Waals surface area contributed by atoms with Crippen molar-refractivity contribution in [2.75, 3.05) is 18.5 Å². The average Bonchev–Trinajstić information content (AvgIpc) is 3.39. The minimum Gasteiger partial charge on any atom is -0.462 e. The number of fused-ring (bicyclic) bond motifs is 3. The predicted molar refractivity (Wildman–Crippen MR) is 139 cm³/mol. The van der Waals surface area contributed by atoms with Crippen LogP contribution in [0.3, 0.4) is 0 Å². The maximum atomic E-state index is 13.2. The summed E-state index contributed by atoms with van der Waals surface area (Å²) in [6.45, 7) is 10.7. The predicted octanol–water partition coefficient (Wildman–Crippen LogP) is 4.87. The first-order valence-corrected chi connectivity index (χ1v) is 12.7. The zero-order chi connectivity index (χ0) is 26.9. The number of furan rings is 1. The van der Waals surface area contributed by atoms with Gasteiger partial charge in [-0.25, -0.2) is 9.59 Å². The molecule has 0 bridgehead atoms. The number of para-hydroxylation sites is 1. The number of benzene rings is 1. The molecule has 0 saturated carbocycles. The van der Waals surface area contributed by atoms with Crippen LogP contribution in [-0.4, -0.2) is 50.9 Å². The van der Waals surface area contributed by atoms with Crippen LogP contribution in [-0.2, 0) is 14.3 Å². The summed E-state index contributed by atoms with van der Waals surface area (Å²) in [6, 6.07) is 8.01. The van der Waals surface area contributed by atoms with Gasteiger partial charge in [-0.2, -0.15) is 0 Å². The van der Waals surface area contributed by atoms with E-state index in [1.165, 1.54) is 18.7 Å². The molecule has 1 unspecified atom stereocenters. The quantitative estimate of drug-likeness (QED) is 0.254. The Bertz CT molecular complexity index is 1520.